The SMILES string of the molecule is O=C1CCc2ccc(OCc3noc(C(=O)NCc4ccncc4)n3)cc2N1. The first kappa shape index (κ1) is 17.7. The molecule has 3 aromatic rings. The van der Waals surface area contributed by atoms with Gasteiger partial charge in [0.2, 0.25) is 11.7 Å². The maximum atomic E-state index is 12.1. The lowest BCUT2D eigenvalue weighted by Crippen LogP contribution is -2.23. The van der Waals surface area contributed by atoms with Gasteiger partial charge in [0.1, 0.15) is 5.75 Å². The Kier molecular flexibility index (Phi) is 4.96. The lowest BCUT2D eigenvalue weighted by Gasteiger charge is -2.17. The fourth-order valence-electron chi connectivity index (χ4n) is 2.75. The summed E-state index contributed by atoms with van der Waals surface area (Å²) in [6, 6.07) is 9.09. The molecule has 0 unspecified atom stereocenters. The van der Waals surface area contributed by atoms with Crippen molar-refractivity contribution in [1.29, 1.82) is 0 Å². The van der Waals surface area contributed by atoms with Crippen LogP contribution in [0.25, 0.3) is 0 Å². The second kappa shape index (κ2) is 7.87. The molecule has 142 valence electrons. The van der Waals surface area contributed by atoms with Crippen molar-refractivity contribution in [3.8, 4) is 5.75 Å². The van der Waals surface area contributed by atoms with Crippen LogP contribution in [0.15, 0.2) is 47.2 Å². The molecule has 1 aliphatic rings. The maximum absolute atomic E-state index is 12.1. The van der Waals surface area contributed by atoms with Crippen LogP contribution in [0.3, 0.4) is 0 Å². The predicted molar refractivity (Wildman–Crippen MR) is 97.4 cm³/mol. The maximum Gasteiger partial charge on any atom is 0.316 e. The van der Waals surface area contributed by atoms with Crippen molar-refractivity contribution in [2.45, 2.75) is 26.0 Å². The third kappa shape index (κ3) is 4.14. The van der Waals surface area contributed by atoms with Gasteiger partial charge in [0, 0.05) is 37.1 Å². The zero-order chi connectivity index (χ0) is 19.3. The van der Waals surface area contributed by atoms with Crippen LogP contribution in [0.5, 0.6) is 5.75 Å². The van der Waals surface area contributed by atoms with Gasteiger partial charge in [0.25, 0.3) is 0 Å². The van der Waals surface area contributed by atoms with Gasteiger partial charge in [-0.3, -0.25) is 14.6 Å². The largest absolute Gasteiger partial charge is 0.485 e. The molecule has 2 aromatic heterocycles. The highest BCUT2D eigenvalue weighted by molar-refractivity contribution is 5.94. The molecule has 3 heterocycles. The number of rotatable bonds is 6. The number of hydrogen-bond donors (Lipinski definition) is 2. The van der Waals surface area contributed by atoms with Crippen LogP contribution in [-0.4, -0.2) is 26.9 Å². The van der Waals surface area contributed by atoms with E-state index in [1.807, 2.05) is 12.1 Å². The quantitative estimate of drug-likeness (QED) is 0.671. The summed E-state index contributed by atoms with van der Waals surface area (Å²) in [7, 11) is 0. The van der Waals surface area contributed by atoms with Crippen molar-refractivity contribution in [1.82, 2.24) is 20.4 Å². The summed E-state index contributed by atoms with van der Waals surface area (Å²) in [5.74, 6) is 0.202. The minimum absolute atomic E-state index is 0.00904. The standard InChI is InChI=1S/C19H17N5O4/c25-17-4-2-13-1-3-14(9-15(13)22-17)27-11-16-23-19(28-24-16)18(26)21-10-12-5-7-20-8-6-12/h1,3,5-9H,2,4,10-11H2,(H,21,26)(H,22,25). The number of ether oxygens (including phenoxy) is 1. The number of nitrogens with zero attached hydrogens (tertiary/aromatic N) is 3. The lowest BCUT2D eigenvalue weighted by molar-refractivity contribution is -0.116. The van der Waals surface area contributed by atoms with Crippen LogP contribution in [0.4, 0.5) is 5.69 Å². The molecule has 0 spiro atoms. The number of anilines is 1. The highest BCUT2D eigenvalue weighted by atomic mass is 16.5. The predicted octanol–water partition coefficient (Wildman–Crippen LogP) is 1.86. The van der Waals surface area contributed by atoms with Crippen molar-refractivity contribution in [2.24, 2.45) is 0 Å². The average molecular weight is 379 g/mol. The van der Waals surface area contributed by atoms with Gasteiger partial charge in [-0.1, -0.05) is 11.2 Å². The molecule has 1 aromatic carbocycles. The number of carbonyl (C=O) groups is 2. The first-order valence-corrected chi connectivity index (χ1v) is 8.72. The van der Waals surface area contributed by atoms with Gasteiger partial charge in [-0.25, -0.2) is 0 Å². The fraction of sp³-hybridized carbons (Fsp3) is 0.211. The Labute approximate surface area is 160 Å². The van der Waals surface area contributed by atoms with E-state index >= 15 is 0 Å². The Hall–Kier alpha value is -3.75. The molecule has 0 saturated heterocycles. The van der Waals surface area contributed by atoms with Crippen LogP contribution < -0.4 is 15.4 Å². The molecule has 1 aliphatic heterocycles. The van der Waals surface area contributed by atoms with Crippen molar-refractivity contribution < 1.29 is 18.8 Å². The summed E-state index contributed by atoms with van der Waals surface area (Å²) >= 11 is 0. The number of aryl methyl sites for hydroxylation is 1. The number of fused-ring (bicyclic) bond motifs is 1. The van der Waals surface area contributed by atoms with E-state index in [1.165, 1.54) is 0 Å². The topological polar surface area (TPSA) is 119 Å². The molecular weight excluding hydrogens is 362 g/mol. The van der Waals surface area contributed by atoms with E-state index in [1.54, 1.807) is 30.6 Å². The molecule has 9 heteroatoms. The normalized spacial score (nSPS) is 12.8. The van der Waals surface area contributed by atoms with Gasteiger partial charge in [-0.15, -0.1) is 0 Å². The minimum Gasteiger partial charge on any atom is -0.485 e. The molecule has 0 bridgehead atoms. The number of nitrogens with one attached hydrogen (secondary N) is 2. The van der Waals surface area contributed by atoms with E-state index < -0.39 is 5.91 Å². The van der Waals surface area contributed by atoms with Crippen molar-refractivity contribution in [3.05, 3.63) is 65.6 Å². The van der Waals surface area contributed by atoms with Crippen LogP contribution in [0, 0.1) is 0 Å². The third-order valence-electron chi connectivity index (χ3n) is 4.21. The van der Waals surface area contributed by atoms with Gasteiger partial charge in [0.15, 0.2) is 6.61 Å². The van der Waals surface area contributed by atoms with E-state index in [2.05, 4.69) is 25.8 Å². The summed E-state index contributed by atoms with van der Waals surface area (Å²) in [6.45, 7) is 0.365. The van der Waals surface area contributed by atoms with Gasteiger partial charge in [-0.05, 0) is 35.7 Å². The second-order valence-electron chi connectivity index (χ2n) is 6.21. The van der Waals surface area contributed by atoms with Gasteiger partial charge in [-0.2, -0.15) is 4.98 Å². The first-order chi connectivity index (χ1) is 13.7. The highest BCUT2D eigenvalue weighted by Gasteiger charge is 2.17. The Bertz CT molecular complexity index is 1000. The average Bonchev–Trinajstić information content (AvgIpc) is 3.20. The van der Waals surface area contributed by atoms with Gasteiger partial charge >= 0.3 is 11.8 Å². The fourth-order valence-corrected chi connectivity index (χ4v) is 2.75. The molecule has 0 atom stereocenters. The number of amides is 2. The summed E-state index contributed by atoms with van der Waals surface area (Å²) in [5.41, 5.74) is 2.73. The third-order valence-corrected chi connectivity index (χ3v) is 4.21. The van der Waals surface area contributed by atoms with E-state index in [0.717, 1.165) is 16.8 Å². The molecule has 9 nitrogen and oxygen atoms in total. The summed E-state index contributed by atoms with van der Waals surface area (Å²) < 4.78 is 10.6. The smallest absolute Gasteiger partial charge is 0.316 e. The Morgan fingerprint density at radius 3 is 2.93 bits per heavy atom. The molecule has 4 rings (SSSR count). The number of pyridine rings is 1. The summed E-state index contributed by atoms with van der Waals surface area (Å²) in [6.07, 6.45) is 4.50. The van der Waals surface area contributed by atoms with E-state index in [0.29, 0.717) is 25.1 Å². The van der Waals surface area contributed by atoms with E-state index in [-0.39, 0.29) is 24.2 Å². The Morgan fingerprint density at radius 1 is 1.21 bits per heavy atom. The Balaban J connectivity index is 1.33. The number of carbonyl (C=O) groups excluding carboxylic acids is 2. The number of hydrogen-bond acceptors (Lipinski definition) is 7. The number of aromatic nitrogens is 3. The first-order valence-electron chi connectivity index (χ1n) is 8.72. The van der Waals surface area contributed by atoms with Gasteiger partial charge in [0.05, 0.1) is 0 Å². The molecule has 0 saturated carbocycles. The molecule has 28 heavy (non-hydrogen) atoms. The zero-order valence-electron chi connectivity index (χ0n) is 14.8. The molecule has 2 amide bonds. The zero-order valence-corrected chi connectivity index (χ0v) is 14.8. The summed E-state index contributed by atoms with van der Waals surface area (Å²) in [4.78, 5) is 31.6. The van der Waals surface area contributed by atoms with Crippen molar-refractivity contribution in [3.63, 3.8) is 0 Å². The van der Waals surface area contributed by atoms with Crippen LogP contribution >= 0.6 is 0 Å². The van der Waals surface area contributed by atoms with Crippen LogP contribution in [0.2, 0.25) is 0 Å². The lowest BCUT2D eigenvalue weighted by atomic mass is 10.0. The molecule has 2 N–H and O–H groups in total. The number of benzene rings is 1. The minimum atomic E-state index is -0.466. The molecule has 0 fully saturated rings. The van der Waals surface area contributed by atoms with Crippen LogP contribution in [-0.2, 0) is 24.4 Å². The van der Waals surface area contributed by atoms with Crippen LogP contribution in [0.1, 0.15) is 34.1 Å². The molecule has 0 radical (unpaired) electrons. The van der Waals surface area contributed by atoms with Gasteiger partial charge < -0.3 is 19.9 Å². The van der Waals surface area contributed by atoms with Crippen molar-refractivity contribution >= 4 is 17.5 Å². The van der Waals surface area contributed by atoms with E-state index in [9.17, 15) is 9.59 Å². The Morgan fingerprint density at radius 2 is 2.07 bits per heavy atom. The highest BCUT2D eigenvalue weighted by Crippen LogP contribution is 2.27. The second-order valence-corrected chi connectivity index (χ2v) is 6.21. The molecule has 0 aliphatic carbocycles. The molecular formula is C19H17N5O4. The monoisotopic (exact) mass is 379 g/mol. The van der Waals surface area contributed by atoms with Crippen molar-refractivity contribution in [2.75, 3.05) is 5.32 Å². The summed E-state index contributed by atoms with van der Waals surface area (Å²) in [5, 5.41) is 9.27. The van der Waals surface area contributed by atoms with E-state index in [4.69, 9.17) is 9.26 Å².